The summed E-state index contributed by atoms with van der Waals surface area (Å²) in [5.74, 6) is 1.04. The molecule has 202 valence electrons. The van der Waals surface area contributed by atoms with E-state index in [0.29, 0.717) is 36.5 Å². The third-order valence-corrected chi connectivity index (χ3v) is 6.04. The van der Waals surface area contributed by atoms with Crippen molar-refractivity contribution >= 4 is 29.0 Å². The first-order valence-corrected chi connectivity index (χ1v) is 12.9. The number of H-pyrrole nitrogens is 1. The molecule has 0 aliphatic heterocycles. The molecule has 0 saturated carbocycles. The second kappa shape index (κ2) is 13.3. The van der Waals surface area contributed by atoms with Gasteiger partial charge in [-0.3, -0.25) is 4.79 Å². The van der Waals surface area contributed by atoms with Gasteiger partial charge in [0, 0.05) is 29.1 Å². The fourth-order valence-corrected chi connectivity index (χ4v) is 3.99. The summed E-state index contributed by atoms with van der Waals surface area (Å²) in [5, 5.41) is 5.24. The van der Waals surface area contributed by atoms with Crippen molar-refractivity contribution in [3.63, 3.8) is 0 Å². The van der Waals surface area contributed by atoms with Gasteiger partial charge >= 0.3 is 5.97 Å². The fraction of sp³-hybridized carbons (Fsp3) is 0.258. The summed E-state index contributed by atoms with van der Waals surface area (Å²) in [4.78, 5) is 27.7. The van der Waals surface area contributed by atoms with E-state index in [4.69, 9.17) is 14.2 Å². The Morgan fingerprint density at radius 3 is 2.59 bits per heavy atom. The highest BCUT2D eigenvalue weighted by molar-refractivity contribution is 5.89. The highest BCUT2D eigenvalue weighted by Crippen LogP contribution is 2.23. The zero-order valence-electron chi connectivity index (χ0n) is 22.4. The summed E-state index contributed by atoms with van der Waals surface area (Å²) in [6, 6.07) is 20.4. The summed E-state index contributed by atoms with van der Waals surface area (Å²) in [7, 11) is 1.60. The number of hydrogen-bond donors (Lipinski definition) is 2. The summed E-state index contributed by atoms with van der Waals surface area (Å²) in [5.41, 5.74) is 6.83. The number of aryl methyl sites for hydroxylation is 1. The van der Waals surface area contributed by atoms with E-state index in [2.05, 4.69) is 15.5 Å². The van der Waals surface area contributed by atoms with Gasteiger partial charge in [-0.25, -0.2) is 10.2 Å². The van der Waals surface area contributed by atoms with Crippen molar-refractivity contribution < 1.29 is 23.8 Å². The number of methoxy groups -OCH3 is 1. The molecule has 39 heavy (non-hydrogen) atoms. The molecule has 0 spiro atoms. The number of aromatic amines is 1. The molecule has 0 aliphatic rings. The fourth-order valence-electron chi connectivity index (χ4n) is 3.99. The molecular weight excluding hydrogens is 494 g/mol. The molecule has 0 aliphatic carbocycles. The average Bonchev–Trinajstić information content (AvgIpc) is 3.37. The second-order valence-corrected chi connectivity index (χ2v) is 9.53. The average molecular weight is 528 g/mol. The Labute approximate surface area is 228 Å². The van der Waals surface area contributed by atoms with Crippen molar-refractivity contribution in [1.29, 1.82) is 0 Å². The molecule has 3 aromatic carbocycles. The number of aromatic nitrogens is 1. The smallest absolute Gasteiger partial charge is 0.338 e. The van der Waals surface area contributed by atoms with Crippen molar-refractivity contribution in [2.75, 3.05) is 13.7 Å². The van der Waals surface area contributed by atoms with Crippen LogP contribution < -0.4 is 14.9 Å². The predicted molar refractivity (Wildman–Crippen MR) is 151 cm³/mol. The Balaban J connectivity index is 1.30. The lowest BCUT2D eigenvalue weighted by atomic mass is 10.1. The first kappa shape index (κ1) is 27.4. The molecule has 1 aromatic heterocycles. The van der Waals surface area contributed by atoms with Crippen LogP contribution in [0.3, 0.4) is 0 Å². The number of benzene rings is 3. The molecule has 8 heteroatoms. The van der Waals surface area contributed by atoms with E-state index in [1.165, 1.54) is 0 Å². The van der Waals surface area contributed by atoms with Gasteiger partial charge in [0.2, 0.25) is 5.91 Å². The van der Waals surface area contributed by atoms with Crippen LogP contribution in [0.5, 0.6) is 11.5 Å². The van der Waals surface area contributed by atoms with Gasteiger partial charge < -0.3 is 19.2 Å². The lowest BCUT2D eigenvalue weighted by molar-refractivity contribution is -0.121. The number of esters is 1. The molecule has 0 radical (unpaired) electrons. The van der Waals surface area contributed by atoms with Crippen LogP contribution >= 0.6 is 0 Å². The van der Waals surface area contributed by atoms with E-state index >= 15 is 0 Å². The van der Waals surface area contributed by atoms with Crippen LogP contribution in [0.2, 0.25) is 0 Å². The maximum absolute atomic E-state index is 12.3. The van der Waals surface area contributed by atoms with Crippen LogP contribution in [0.25, 0.3) is 10.9 Å². The standard InChI is InChI=1S/C31H33N3O5/c1-21(2)19-39-31(36)23-9-12-26(13-10-23)38-20-25-16-22(8-14-29(25)37-3)17-33-34-30(35)15-11-24-18-32-28-7-5-4-6-27(24)28/h4-10,12-14,16-18,21,32H,11,15,19-20H2,1-3H3,(H,34,35)/b33-17+. The molecule has 0 bridgehead atoms. The van der Waals surface area contributed by atoms with E-state index < -0.39 is 0 Å². The summed E-state index contributed by atoms with van der Waals surface area (Å²) >= 11 is 0. The number of nitrogens with one attached hydrogen (secondary N) is 2. The Morgan fingerprint density at radius 2 is 1.82 bits per heavy atom. The molecule has 0 atom stereocenters. The number of ether oxygens (including phenoxy) is 3. The van der Waals surface area contributed by atoms with Gasteiger partial charge in [-0.1, -0.05) is 32.0 Å². The third-order valence-electron chi connectivity index (χ3n) is 6.04. The number of carbonyl (C=O) groups is 2. The minimum Gasteiger partial charge on any atom is -0.496 e. The molecule has 1 amide bonds. The topological polar surface area (TPSA) is 102 Å². The Morgan fingerprint density at radius 1 is 1.03 bits per heavy atom. The quantitative estimate of drug-likeness (QED) is 0.141. The van der Waals surface area contributed by atoms with Gasteiger partial charge in [0.05, 0.1) is 25.5 Å². The third kappa shape index (κ3) is 7.70. The maximum Gasteiger partial charge on any atom is 0.338 e. The monoisotopic (exact) mass is 527 g/mol. The summed E-state index contributed by atoms with van der Waals surface area (Å²) in [6.07, 6.45) is 4.48. The summed E-state index contributed by atoms with van der Waals surface area (Å²) < 4.78 is 16.6. The van der Waals surface area contributed by atoms with Gasteiger partial charge in [-0.15, -0.1) is 0 Å². The van der Waals surface area contributed by atoms with Crippen LogP contribution in [-0.4, -0.2) is 36.8 Å². The van der Waals surface area contributed by atoms with Crippen molar-refractivity contribution in [2.24, 2.45) is 11.0 Å². The van der Waals surface area contributed by atoms with Gasteiger partial charge in [0.1, 0.15) is 18.1 Å². The first-order chi connectivity index (χ1) is 18.9. The van der Waals surface area contributed by atoms with Gasteiger partial charge in [0.25, 0.3) is 0 Å². The minimum absolute atomic E-state index is 0.162. The van der Waals surface area contributed by atoms with E-state index in [1.807, 2.05) is 62.5 Å². The Bertz CT molecular complexity index is 1440. The predicted octanol–water partition coefficient (Wildman–Crippen LogP) is 5.65. The summed E-state index contributed by atoms with van der Waals surface area (Å²) in [6.45, 7) is 4.61. The van der Waals surface area contributed by atoms with Crippen LogP contribution in [-0.2, 0) is 22.6 Å². The molecule has 0 fully saturated rings. The van der Waals surface area contributed by atoms with E-state index in [9.17, 15) is 9.59 Å². The van der Waals surface area contributed by atoms with E-state index in [-0.39, 0.29) is 24.4 Å². The van der Waals surface area contributed by atoms with Gasteiger partial charge in [0.15, 0.2) is 0 Å². The van der Waals surface area contributed by atoms with Crippen LogP contribution in [0.1, 0.15) is 47.3 Å². The zero-order valence-corrected chi connectivity index (χ0v) is 22.4. The molecule has 4 aromatic rings. The highest BCUT2D eigenvalue weighted by Gasteiger charge is 2.10. The van der Waals surface area contributed by atoms with Crippen molar-refractivity contribution in [3.05, 3.63) is 95.2 Å². The molecule has 4 rings (SSSR count). The van der Waals surface area contributed by atoms with Crippen molar-refractivity contribution in [3.8, 4) is 11.5 Å². The van der Waals surface area contributed by atoms with Crippen LogP contribution in [0, 0.1) is 5.92 Å². The van der Waals surface area contributed by atoms with Crippen LogP contribution in [0.15, 0.2) is 78.0 Å². The highest BCUT2D eigenvalue weighted by atomic mass is 16.5. The first-order valence-electron chi connectivity index (χ1n) is 12.9. The number of rotatable bonds is 12. The lowest BCUT2D eigenvalue weighted by Gasteiger charge is -2.12. The zero-order chi connectivity index (χ0) is 27.6. The van der Waals surface area contributed by atoms with Gasteiger partial charge in [-0.05, 0) is 72.0 Å². The number of para-hydroxylation sites is 1. The van der Waals surface area contributed by atoms with E-state index in [1.54, 1.807) is 37.6 Å². The van der Waals surface area contributed by atoms with Gasteiger partial charge in [-0.2, -0.15) is 5.10 Å². The minimum atomic E-state index is -0.353. The SMILES string of the molecule is COc1ccc(/C=N/NC(=O)CCc2c[nH]c3ccccc23)cc1COc1ccc(C(=O)OCC(C)C)cc1. The molecule has 1 heterocycles. The second-order valence-electron chi connectivity index (χ2n) is 9.53. The Kier molecular flexibility index (Phi) is 9.34. The largest absolute Gasteiger partial charge is 0.496 e. The molecule has 0 saturated heterocycles. The normalized spacial score (nSPS) is 11.2. The van der Waals surface area contributed by atoms with Crippen LogP contribution in [0.4, 0.5) is 0 Å². The molecule has 0 unspecified atom stereocenters. The molecular formula is C31H33N3O5. The number of hydrazone groups is 1. The number of amides is 1. The van der Waals surface area contributed by atoms with Crippen molar-refractivity contribution in [1.82, 2.24) is 10.4 Å². The number of hydrogen-bond acceptors (Lipinski definition) is 6. The number of carbonyl (C=O) groups excluding carboxylic acids is 2. The van der Waals surface area contributed by atoms with E-state index in [0.717, 1.165) is 27.6 Å². The molecule has 2 N–H and O–H groups in total. The Hall–Kier alpha value is -4.59. The molecule has 8 nitrogen and oxygen atoms in total. The van der Waals surface area contributed by atoms with Crippen molar-refractivity contribution in [2.45, 2.75) is 33.3 Å². The number of fused-ring (bicyclic) bond motifs is 1. The maximum atomic E-state index is 12.3. The lowest BCUT2D eigenvalue weighted by Crippen LogP contribution is -2.17. The number of nitrogens with zero attached hydrogens (tertiary/aromatic N) is 1.